The summed E-state index contributed by atoms with van der Waals surface area (Å²) in [6.07, 6.45) is 2.39. The fraction of sp³-hybridized carbons (Fsp3) is 0.357. The predicted octanol–water partition coefficient (Wildman–Crippen LogP) is 5.43. The number of rotatable bonds is 5. The number of halogens is 5. The molecule has 4 aromatic rings. The van der Waals surface area contributed by atoms with Crippen LogP contribution in [0.5, 0.6) is 11.6 Å². The van der Waals surface area contributed by atoms with Crippen molar-refractivity contribution >= 4 is 21.7 Å². The van der Waals surface area contributed by atoms with Crippen molar-refractivity contribution in [3.63, 3.8) is 0 Å². The first-order chi connectivity index (χ1) is 18.7. The fourth-order valence-corrected chi connectivity index (χ4v) is 6.02. The van der Waals surface area contributed by atoms with E-state index in [4.69, 9.17) is 16.3 Å². The molecule has 3 aliphatic rings. The van der Waals surface area contributed by atoms with Gasteiger partial charge in [0.05, 0.1) is 22.7 Å². The third-order valence-corrected chi connectivity index (χ3v) is 7.90. The molecular formula is C28H21F5N4O2. The first-order valence-electron chi connectivity index (χ1n) is 12.6. The highest BCUT2D eigenvalue weighted by Crippen LogP contribution is 2.58. The summed E-state index contributed by atoms with van der Waals surface area (Å²) >= 11 is 0. The van der Waals surface area contributed by atoms with Crippen molar-refractivity contribution < 1.29 is 31.8 Å². The van der Waals surface area contributed by atoms with Crippen LogP contribution in [0.15, 0.2) is 24.3 Å². The molecule has 3 atom stereocenters. The van der Waals surface area contributed by atoms with Gasteiger partial charge in [0.1, 0.15) is 22.8 Å². The van der Waals surface area contributed by atoms with E-state index in [1.54, 1.807) is 0 Å². The highest BCUT2D eigenvalue weighted by molar-refractivity contribution is 6.03. The Hall–Kier alpha value is -3.91. The van der Waals surface area contributed by atoms with E-state index in [-0.39, 0.29) is 57.0 Å². The van der Waals surface area contributed by atoms with Crippen LogP contribution in [-0.4, -0.2) is 45.7 Å². The Kier molecular flexibility index (Phi) is 5.14. The Balaban J connectivity index is 1.54. The van der Waals surface area contributed by atoms with E-state index >= 15 is 4.39 Å². The van der Waals surface area contributed by atoms with Gasteiger partial charge in [-0.25, -0.2) is 13.8 Å². The maximum atomic E-state index is 16.6. The van der Waals surface area contributed by atoms with E-state index in [0.717, 1.165) is 32.0 Å². The van der Waals surface area contributed by atoms with Gasteiger partial charge in [-0.1, -0.05) is 12.0 Å². The number of benzene rings is 2. The van der Waals surface area contributed by atoms with Crippen molar-refractivity contribution in [2.45, 2.75) is 31.0 Å². The Morgan fingerprint density at radius 2 is 1.87 bits per heavy atom. The zero-order valence-electron chi connectivity index (χ0n) is 20.3. The van der Waals surface area contributed by atoms with Crippen LogP contribution in [0, 0.1) is 35.8 Å². The van der Waals surface area contributed by atoms with Crippen molar-refractivity contribution in [2.75, 3.05) is 19.7 Å². The van der Waals surface area contributed by atoms with Crippen molar-refractivity contribution in [2.24, 2.45) is 11.8 Å². The summed E-state index contributed by atoms with van der Waals surface area (Å²) in [6.45, 7) is -0.149. The Bertz CT molecular complexity index is 1710. The topological polar surface area (TPSA) is 72.2 Å². The molecule has 3 fully saturated rings. The van der Waals surface area contributed by atoms with E-state index in [0.29, 0.717) is 11.1 Å². The number of piperidine rings is 1. The molecule has 2 N–H and O–H groups in total. The summed E-state index contributed by atoms with van der Waals surface area (Å²) in [4.78, 5) is 4.26. The van der Waals surface area contributed by atoms with Gasteiger partial charge in [-0.15, -0.1) is 6.42 Å². The van der Waals surface area contributed by atoms with Gasteiger partial charge in [0.2, 0.25) is 5.88 Å². The zero-order valence-corrected chi connectivity index (χ0v) is 20.3. The number of nitrogens with one attached hydrogen (secondary N) is 1. The number of nitrogens with zero attached hydrogens (tertiary/aromatic N) is 3. The molecule has 6 nitrogen and oxygen atoms in total. The summed E-state index contributed by atoms with van der Waals surface area (Å²) in [5.74, 6) is 0.450. The lowest BCUT2D eigenvalue weighted by molar-refractivity contribution is -0.153. The molecule has 1 unspecified atom stereocenters. The number of alkyl halides is 3. The van der Waals surface area contributed by atoms with Gasteiger partial charge in [0.25, 0.3) is 0 Å². The lowest BCUT2D eigenvalue weighted by atomic mass is 9.95. The van der Waals surface area contributed by atoms with Crippen LogP contribution in [0.3, 0.4) is 0 Å². The molecule has 0 radical (unpaired) electrons. The largest absolute Gasteiger partial charge is 0.508 e. The lowest BCUT2D eigenvalue weighted by Gasteiger charge is -2.15. The molecule has 1 aliphatic heterocycles. The van der Waals surface area contributed by atoms with Crippen molar-refractivity contribution in [3.8, 4) is 35.2 Å². The summed E-state index contributed by atoms with van der Waals surface area (Å²) in [5.41, 5.74) is -0.182. The molecule has 2 aliphatic carbocycles. The number of pyridine rings is 1. The minimum atomic E-state index is -4.67. The van der Waals surface area contributed by atoms with Crippen LogP contribution in [0.4, 0.5) is 22.0 Å². The van der Waals surface area contributed by atoms with E-state index in [2.05, 4.69) is 16.2 Å². The van der Waals surface area contributed by atoms with Crippen molar-refractivity contribution in [1.29, 1.82) is 0 Å². The molecule has 200 valence electrons. The molecule has 2 aromatic carbocycles. The standard InChI is InChI=1S/C28H21F5N4O2/c1-2-15-19(29)6-3-12-7-14(38)8-16(20(12)15)24-23(30)26-22(27(35-24)39-11-28(31,32)33)25(36-37(26)13-4-5-13)21-17-9-34-10-18(17)21/h1,3,6-8,13,17-18,21,34,38H,4-5,9-11H2/t17-,18+,21?. The number of aromatic nitrogens is 3. The molecule has 7 rings (SSSR count). The predicted molar refractivity (Wildman–Crippen MR) is 132 cm³/mol. The van der Waals surface area contributed by atoms with E-state index in [1.165, 1.54) is 22.9 Å². The van der Waals surface area contributed by atoms with Crippen LogP contribution in [0.1, 0.15) is 36.1 Å². The Labute approximate surface area is 218 Å². The quantitative estimate of drug-likeness (QED) is 0.261. The molecule has 39 heavy (non-hydrogen) atoms. The van der Waals surface area contributed by atoms with Crippen molar-refractivity contribution in [3.05, 3.63) is 47.2 Å². The second kappa shape index (κ2) is 8.29. The van der Waals surface area contributed by atoms with Gasteiger partial charge in [0.15, 0.2) is 12.4 Å². The molecule has 0 amide bonds. The number of phenolic OH excluding ortho intramolecular Hbond substituents is 1. The Morgan fingerprint density at radius 1 is 1.13 bits per heavy atom. The highest BCUT2D eigenvalue weighted by Gasteiger charge is 2.56. The number of fused-ring (bicyclic) bond motifs is 3. The van der Waals surface area contributed by atoms with Gasteiger partial charge < -0.3 is 15.2 Å². The maximum absolute atomic E-state index is 16.6. The number of aromatic hydroxyl groups is 1. The second-order valence-electron chi connectivity index (χ2n) is 10.4. The van der Waals surface area contributed by atoms with Gasteiger partial charge >= 0.3 is 6.18 Å². The number of hydrogen-bond donors (Lipinski definition) is 2. The minimum absolute atomic E-state index is 0.0113. The van der Waals surface area contributed by atoms with E-state index in [9.17, 15) is 22.7 Å². The minimum Gasteiger partial charge on any atom is -0.508 e. The molecule has 1 saturated heterocycles. The molecule has 2 aromatic heterocycles. The molecule has 3 heterocycles. The monoisotopic (exact) mass is 540 g/mol. The average molecular weight is 540 g/mol. The zero-order chi connectivity index (χ0) is 27.2. The summed E-state index contributed by atoms with van der Waals surface area (Å²) < 4.78 is 78.0. The summed E-state index contributed by atoms with van der Waals surface area (Å²) in [7, 11) is 0. The molecular weight excluding hydrogens is 519 g/mol. The lowest BCUT2D eigenvalue weighted by Crippen LogP contribution is -2.20. The smallest absolute Gasteiger partial charge is 0.422 e. The second-order valence-corrected chi connectivity index (χ2v) is 10.4. The van der Waals surface area contributed by atoms with Crippen LogP contribution in [-0.2, 0) is 0 Å². The molecule has 11 heteroatoms. The average Bonchev–Trinajstić information content (AvgIpc) is 3.76. The number of hydrogen-bond acceptors (Lipinski definition) is 5. The summed E-state index contributed by atoms with van der Waals surface area (Å²) in [6, 6.07) is 4.89. The maximum Gasteiger partial charge on any atom is 0.422 e. The molecule has 0 bridgehead atoms. The van der Waals surface area contributed by atoms with Crippen LogP contribution in [0.2, 0.25) is 0 Å². The SMILES string of the molecule is C#Cc1c(F)ccc2cc(O)cc(-c3nc(OCC(F)(F)F)c4c(C5[C@H]6CNC[C@@H]56)nn(C5CC5)c4c3F)c12. The Morgan fingerprint density at radius 3 is 2.54 bits per heavy atom. The van der Waals surface area contributed by atoms with E-state index < -0.39 is 36.0 Å². The summed E-state index contributed by atoms with van der Waals surface area (Å²) in [5, 5.41) is 19.0. The fourth-order valence-electron chi connectivity index (χ4n) is 6.02. The highest BCUT2D eigenvalue weighted by atomic mass is 19.4. The van der Waals surface area contributed by atoms with Gasteiger partial charge in [0, 0.05) is 16.9 Å². The van der Waals surface area contributed by atoms with E-state index in [1.807, 2.05) is 0 Å². The van der Waals surface area contributed by atoms with Crippen LogP contribution >= 0.6 is 0 Å². The van der Waals surface area contributed by atoms with Crippen LogP contribution < -0.4 is 10.1 Å². The third kappa shape index (κ3) is 3.80. The first-order valence-corrected chi connectivity index (χ1v) is 12.6. The number of phenols is 1. The number of terminal acetylenes is 1. The molecule has 0 spiro atoms. The number of ether oxygens (including phenoxy) is 1. The van der Waals surface area contributed by atoms with Crippen LogP contribution in [0.25, 0.3) is 32.9 Å². The van der Waals surface area contributed by atoms with Gasteiger partial charge in [-0.3, -0.25) is 4.68 Å². The first kappa shape index (κ1) is 24.2. The molecule has 2 saturated carbocycles. The van der Waals surface area contributed by atoms with Gasteiger partial charge in [-0.2, -0.15) is 18.3 Å². The van der Waals surface area contributed by atoms with Gasteiger partial charge in [-0.05, 0) is 61.4 Å². The van der Waals surface area contributed by atoms with Crippen molar-refractivity contribution in [1.82, 2.24) is 20.1 Å². The normalized spacial score (nSPS) is 22.3. The third-order valence-electron chi connectivity index (χ3n) is 7.90.